The molecule has 1 aromatic heterocycles. The fraction of sp³-hybridized carbons (Fsp3) is 0.435. The van der Waals surface area contributed by atoms with Crippen molar-refractivity contribution in [2.24, 2.45) is 0 Å². The molecule has 1 atom stereocenters. The van der Waals surface area contributed by atoms with Gasteiger partial charge in [-0.05, 0) is 45.2 Å². The first-order chi connectivity index (χ1) is 14.2. The molecule has 7 nitrogen and oxygen atoms in total. The maximum absolute atomic E-state index is 12.9. The van der Waals surface area contributed by atoms with Crippen LogP contribution < -0.4 is 9.57 Å². The largest absolute Gasteiger partial charge is 0.480 e. The summed E-state index contributed by atoms with van der Waals surface area (Å²) in [6.45, 7) is 5.57. The second-order valence-electron chi connectivity index (χ2n) is 8.08. The number of carboxylic acids is 1. The van der Waals surface area contributed by atoms with E-state index in [0.29, 0.717) is 12.8 Å². The third-order valence-electron chi connectivity index (χ3n) is 4.47. The predicted molar refractivity (Wildman–Crippen MR) is 112 cm³/mol. The number of aryl methyl sites for hydroxylation is 1. The second kappa shape index (κ2) is 10.6. The Morgan fingerprint density at radius 3 is 2.37 bits per heavy atom. The SMILES string of the molecule is CO[n+]1cccc(CCCN(C(=O)OC(C)(C)C)[C@@H](Cc2ccccc2)C(=O)O)c1. The number of nitrogens with zero attached hydrogens (tertiary/aromatic N) is 2. The molecule has 0 aliphatic carbocycles. The van der Waals surface area contributed by atoms with Gasteiger partial charge in [-0.3, -0.25) is 9.74 Å². The molecule has 0 fully saturated rings. The van der Waals surface area contributed by atoms with E-state index in [1.54, 1.807) is 38.8 Å². The Morgan fingerprint density at radius 1 is 1.10 bits per heavy atom. The van der Waals surface area contributed by atoms with Crippen molar-refractivity contribution in [3.63, 3.8) is 0 Å². The van der Waals surface area contributed by atoms with Crippen LogP contribution in [0.2, 0.25) is 0 Å². The zero-order chi connectivity index (χ0) is 22.1. The first kappa shape index (κ1) is 23.2. The maximum Gasteiger partial charge on any atom is 0.411 e. The summed E-state index contributed by atoms with van der Waals surface area (Å²) in [5.74, 6) is -1.05. The summed E-state index contributed by atoms with van der Waals surface area (Å²) in [5.41, 5.74) is 1.16. The lowest BCUT2D eigenvalue weighted by Gasteiger charge is -2.31. The molecule has 1 aromatic carbocycles. The Labute approximate surface area is 177 Å². The van der Waals surface area contributed by atoms with Crippen molar-refractivity contribution in [1.82, 2.24) is 4.90 Å². The van der Waals surface area contributed by atoms with Gasteiger partial charge in [0.15, 0.2) is 0 Å². The number of rotatable bonds is 9. The number of hydrogen-bond donors (Lipinski definition) is 1. The maximum atomic E-state index is 12.9. The smallest absolute Gasteiger partial charge is 0.411 e. The summed E-state index contributed by atoms with van der Waals surface area (Å²) in [6.07, 6.45) is 4.50. The van der Waals surface area contributed by atoms with Crippen molar-refractivity contribution in [2.75, 3.05) is 13.7 Å². The van der Waals surface area contributed by atoms with Gasteiger partial charge in [0.2, 0.25) is 12.4 Å². The Balaban J connectivity index is 2.16. The highest BCUT2D eigenvalue weighted by Crippen LogP contribution is 2.17. The average molecular weight is 416 g/mol. The molecule has 0 saturated carbocycles. The molecule has 0 unspecified atom stereocenters. The molecule has 1 heterocycles. The highest BCUT2D eigenvalue weighted by atomic mass is 16.6. The van der Waals surface area contributed by atoms with Crippen LogP contribution in [0, 0.1) is 0 Å². The van der Waals surface area contributed by atoms with Crippen molar-refractivity contribution in [2.45, 2.75) is 51.7 Å². The van der Waals surface area contributed by atoms with Gasteiger partial charge < -0.3 is 9.84 Å². The van der Waals surface area contributed by atoms with E-state index in [4.69, 9.17) is 9.57 Å². The van der Waals surface area contributed by atoms with Crippen LogP contribution in [0.5, 0.6) is 0 Å². The summed E-state index contributed by atoms with van der Waals surface area (Å²) < 4.78 is 7.10. The first-order valence-corrected chi connectivity index (χ1v) is 10.0. The number of aromatic nitrogens is 1. The molecule has 30 heavy (non-hydrogen) atoms. The molecule has 0 aliphatic heterocycles. The van der Waals surface area contributed by atoms with Gasteiger partial charge in [-0.2, -0.15) is 0 Å². The lowest BCUT2D eigenvalue weighted by Crippen LogP contribution is -2.49. The van der Waals surface area contributed by atoms with E-state index in [1.807, 2.05) is 48.7 Å². The number of hydrogen-bond acceptors (Lipinski definition) is 4. The van der Waals surface area contributed by atoms with Gasteiger partial charge in [0, 0.05) is 29.3 Å². The molecular weight excluding hydrogens is 384 g/mol. The van der Waals surface area contributed by atoms with Crippen molar-refractivity contribution in [1.29, 1.82) is 0 Å². The van der Waals surface area contributed by atoms with Gasteiger partial charge in [-0.15, -0.1) is 0 Å². The minimum Gasteiger partial charge on any atom is -0.480 e. The molecule has 0 radical (unpaired) electrons. The van der Waals surface area contributed by atoms with Crippen LogP contribution in [0.3, 0.4) is 0 Å². The lowest BCUT2D eigenvalue weighted by atomic mass is 10.0. The zero-order valence-electron chi connectivity index (χ0n) is 18.1. The van der Waals surface area contributed by atoms with Gasteiger partial charge >= 0.3 is 12.1 Å². The highest BCUT2D eigenvalue weighted by molar-refractivity contribution is 5.80. The Kier molecular flexibility index (Phi) is 8.21. The van der Waals surface area contributed by atoms with E-state index >= 15 is 0 Å². The Morgan fingerprint density at radius 2 is 1.77 bits per heavy atom. The van der Waals surface area contributed by atoms with Crippen molar-refractivity contribution in [3.8, 4) is 0 Å². The van der Waals surface area contributed by atoms with Crippen LogP contribution in [0.1, 0.15) is 38.3 Å². The van der Waals surface area contributed by atoms with Crippen molar-refractivity contribution < 1.29 is 29.0 Å². The third-order valence-corrected chi connectivity index (χ3v) is 4.47. The quantitative estimate of drug-likeness (QED) is 0.637. The minimum atomic E-state index is -1.05. The normalized spacial score (nSPS) is 12.1. The molecular formula is C23H31N2O5+. The van der Waals surface area contributed by atoms with E-state index in [1.165, 1.54) is 4.90 Å². The topological polar surface area (TPSA) is 80.0 Å². The second-order valence-corrected chi connectivity index (χ2v) is 8.08. The number of benzene rings is 1. The van der Waals surface area contributed by atoms with E-state index in [-0.39, 0.29) is 13.0 Å². The van der Waals surface area contributed by atoms with E-state index < -0.39 is 23.7 Å². The summed E-state index contributed by atoms with van der Waals surface area (Å²) >= 11 is 0. The number of carboxylic acid groups (broad SMARTS) is 1. The van der Waals surface area contributed by atoms with Gasteiger partial charge in [0.1, 0.15) is 18.8 Å². The molecule has 0 saturated heterocycles. The molecule has 7 heteroatoms. The fourth-order valence-electron chi connectivity index (χ4n) is 3.08. The van der Waals surface area contributed by atoms with E-state index in [0.717, 1.165) is 11.1 Å². The van der Waals surface area contributed by atoms with Gasteiger partial charge in [-0.1, -0.05) is 30.3 Å². The molecule has 2 aromatic rings. The zero-order valence-corrected chi connectivity index (χ0v) is 18.1. The molecule has 0 spiro atoms. The van der Waals surface area contributed by atoms with Crippen LogP contribution in [0.25, 0.3) is 0 Å². The summed E-state index contributed by atoms with van der Waals surface area (Å²) in [7, 11) is 1.58. The van der Waals surface area contributed by atoms with Crippen LogP contribution in [0.15, 0.2) is 54.9 Å². The molecule has 0 aliphatic rings. The highest BCUT2D eigenvalue weighted by Gasteiger charge is 2.32. The Hall–Kier alpha value is -3.09. The summed E-state index contributed by atoms with van der Waals surface area (Å²) in [4.78, 5) is 31.4. The average Bonchev–Trinajstić information content (AvgIpc) is 2.69. The van der Waals surface area contributed by atoms with Crippen LogP contribution >= 0.6 is 0 Å². The number of ether oxygens (including phenoxy) is 1. The minimum absolute atomic E-state index is 0.213. The van der Waals surface area contributed by atoms with Gasteiger partial charge in [0.05, 0.1) is 0 Å². The Bertz CT molecular complexity index is 833. The molecule has 0 bridgehead atoms. The molecule has 1 N–H and O–H groups in total. The molecule has 2 rings (SSSR count). The lowest BCUT2D eigenvalue weighted by molar-refractivity contribution is -0.885. The standard InChI is InChI=1S/C23H30N2O5/c1-23(2,3)30-22(28)25(15-9-13-19-12-8-14-24(17-19)29-4)20(21(26)27)16-18-10-6-5-7-11-18/h5-8,10-12,14,17,20H,9,13,15-16H2,1-4H3/p+1/t20-/m0/s1. The number of amides is 1. The number of carbonyl (C=O) groups is 2. The first-order valence-electron chi connectivity index (χ1n) is 10.0. The number of aliphatic carboxylic acids is 1. The van der Waals surface area contributed by atoms with Crippen molar-refractivity contribution in [3.05, 3.63) is 66.0 Å². The van der Waals surface area contributed by atoms with Crippen molar-refractivity contribution >= 4 is 12.1 Å². The predicted octanol–water partition coefficient (Wildman–Crippen LogP) is 2.90. The third kappa shape index (κ3) is 7.39. The molecule has 1 amide bonds. The monoisotopic (exact) mass is 415 g/mol. The summed E-state index contributed by atoms with van der Waals surface area (Å²) in [5, 5.41) is 9.87. The van der Waals surface area contributed by atoms with E-state index in [2.05, 4.69) is 0 Å². The van der Waals surface area contributed by atoms with E-state index in [9.17, 15) is 14.7 Å². The summed E-state index contributed by atoms with van der Waals surface area (Å²) in [6, 6.07) is 12.1. The van der Waals surface area contributed by atoms with Gasteiger partial charge in [0.25, 0.3) is 0 Å². The van der Waals surface area contributed by atoms with Crippen LogP contribution in [0.4, 0.5) is 4.79 Å². The van der Waals surface area contributed by atoms with Crippen LogP contribution in [-0.2, 0) is 22.4 Å². The number of pyridine rings is 1. The van der Waals surface area contributed by atoms with Crippen LogP contribution in [-0.4, -0.2) is 47.4 Å². The van der Waals surface area contributed by atoms with Gasteiger partial charge in [-0.25, -0.2) is 9.59 Å². The fourth-order valence-corrected chi connectivity index (χ4v) is 3.08. The number of carbonyl (C=O) groups excluding carboxylic acids is 1. The molecule has 162 valence electrons.